The summed E-state index contributed by atoms with van der Waals surface area (Å²) in [6.45, 7) is 17.6. The fourth-order valence-electron chi connectivity index (χ4n) is 5.01. The lowest BCUT2D eigenvalue weighted by Gasteiger charge is -2.19. The average Bonchev–Trinajstić information content (AvgIpc) is 3.14. The number of benzene rings is 3. The molecule has 0 aliphatic heterocycles. The molecule has 19 heteroatoms. The Labute approximate surface area is 333 Å². The van der Waals surface area contributed by atoms with E-state index in [1.54, 1.807) is 36.4 Å². The summed E-state index contributed by atoms with van der Waals surface area (Å²) in [5, 5.41) is 0. The molecule has 0 bridgehead atoms. The zero-order valence-electron chi connectivity index (χ0n) is 32.9. The van der Waals surface area contributed by atoms with Crippen molar-refractivity contribution >= 4 is 47.8 Å². The minimum absolute atomic E-state index is 0.175. The van der Waals surface area contributed by atoms with Crippen molar-refractivity contribution in [3.05, 3.63) is 119 Å². The number of nitrogens with one attached hydrogen (secondary N) is 6. The lowest BCUT2D eigenvalue weighted by molar-refractivity contribution is 0.0934. The molecule has 0 atom stereocenters. The second-order valence-corrected chi connectivity index (χ2v) is 21.2. The normalized spacial score (nSPS) is 12.8. The number of aromatic nitrogens is 1. The van der Waals surface area contributed by atoms with Crippen molar-refractivity contribution in [3.8, 4) is 0 Å². The maximum absolute atomic E-state index is 13.3. The van der Waals surface area contributed by atoms with Crippen molar-refractivity contribution in [2.24, 2.45) is 0 Å². The van der Waals surface area contributed by atoms with E-state index < -0.39 is 64.7 Å². The molecule has 306 valence electrons. The molecule has 1 aromatic heterocycles. The monoisotopic (exact) mass is 841 g/mol. The quantitative estimate of drug-likeness (QED) is 0.113. The molecule has 3 amide bonds. The van der Waals surface area contributed by atoms with Crippen LogP contribution in [0.15, 0.2) is 99.6 Å². The third-order valence-corrected chi connectivity index (χ3v) is 12.3. The van der Waals surface area contributed by atoms with E-state index >= 15 is 0 Å². The summed E-state index contributed by atoms with van der Waals surface area (Å²) in [4.78, 5) is 49.0. The van der Waals surface area contributed by atoms with Gasteiger partial charge in [-0.25, -0.2) is 30.2 Å². The van der Waals surface area contributed by atoms with Crippen molar-refractivity contribution in [1.82, 2.24) is 35.8 Å². The zero-order chi connectivity index (χ0) is 42.8. The van der Waals surface area contributed by atoms with E-state index in [-0.39, 0.29) is 30.9 Å². The first kappa shape index (κ1) is 44.7. The van der Waals surface area contributed by atoms with Crippen LogP contribution in [-0.2, 0) is 46.3 Å². The molecule has 0 aliphatic carbocycles. The third-order valence-electron chi connectivity index (χ3n) is 8.54. The highest BCUT2D eigenvalue weighted by Crippen LogP contribution is 2.25. The Morgan fingerprint density at radius 1 is 0.421 bits per heavy atom. The summed E-state index contributed by atoms with van der Waals surface area (Å²) in [7, 11) is -13.0. The van der Waals surface area contributed by atoms with Crippen LogP contribution in [0.25, 0.3) is 0 Å². The van der Waals surface area contributed by atoms with Gasteiger partial charge in [0.1, 0.15) is 11.4 Å². The van der Waals surface area contributed by atoms with Gasteiger partial charge >= 0.3 is 0 Å². The van der Waals surface area contributed by atoms with Crippen LogP contribution in [-0.4, -0.2) is 48.0 Å². The molecule has 57 heavy (non-hydrogen) atoms. The van der Waals surface area contributed by atoms with Gasteiger partial charge < -0.3 is 0 Å². The Bertz CT molecular complexity index is 2200. The zero-order valence-corrected chi connectivity index (χ0v) is 35.4. The number of hydrazine groups is 3. The molecular weight excluding hydrogens is 795 g/mol. The molecule has 0 fully saturated rings. The van der Waals surface area contributed by atoms with E-state index in [0.717, 1.165) is 28.8 Å². The lowest BCUT2D eigenvalue weighted by atomic mass is 9.87. The van der Waals surface area contributed by atoms with Gasteiger partial charge in [-0.05, 0) is 81.5 Å². The molecule has 3 aromatic carbocycles. The van der Waals surface area contributed by atoms with Crippen LogP contribution in [0.5, 0.6) is 0 Å². The number of carbonyl (C=O) groups excluding carboxylic acids is 3. The predicted octanol–water partition coefficient (Wildman–Crippen LogP) is 3.84. The minimum atomic E-state index is -4.33. The molecule has 4 rings (SSSR count). The number of amides is 3. The first-order chi connectivity index (χ1) is 26.1. The number of hydrogen-bond acceptors (Lipinski definition) is 10. The van der Waals surface area contributed by atoms with Crippen LogP contribution in [0.2, 0.25) is 0 Å². The van der Waals surface area contributed by atoms with Crippen molar-refractivity contribution in [3.63, 3.8) is 0 Å². The van der Waals surface area contributed by atoms with Crippen molar-refractivity contribution < 1.29 is 39.6 Å². The molecule has 0 unspecified atom stereocenters. The first-order valence-corrected chi connectivity index (χ1v) is 21.9. The van der Waals surface area contributed by atoms with Gasteiger partial charge in [0.25, 0.3) is 47.8 Å². The number of rotatable bonds is 12. The molecule has 16 nitrogen and oxygen atoms in total. The van der Waals surface area contributed by atoms with Gasteiger partial charge in [-0.2, -0.15) is 0 Å². The average molecular weight is 842 g/mol. The van der Waals surface area contributed by atoms with Crippen molar-refractivity contribution in [2.75, 3.05) is 0 Å². The molecule has 0 radical (unpaired) electrons. The van der Waals surface area contributed by atoms with Gasteiger partial charge in [-0.1, -0.05) is 98.7 Å². The van der Waals surface area contributed by atoms with Crippen LogP contribution in [0.4, 0.5) is 0 Å². The molecular formula is C38H47N7O9S3. The van der Waals surface area contributed by atoms with E-state index in [4.69, 9.17) is 0 Å². The number of nitrogens with zero attached hydrogens (tertiary/aromatic N) is 1. The fraction of sp³-hybridized carbons (Fsp3) is 0.316. The topological polar surface area (TPSA) is 239 Å². The first-order valence-electron chi connectivity index (χ1n) is 17.4. The summed E-state index contributed by atoms with van der Waals surface area (Å²) >= 11 is 0. The highest BCUT2D eigenvalue weighted by molar-refractivity contribution is 7.90. The van der Waals surface area contributed by atoms with Crippen LogP contribution in [0.1, 0.15) is 110 Å². The van der Waals surface area contributed by atoms with Gasteiger partial charge in [-0.3, -0.25) is 30.7 Å². The number of carbonyl (C=O) groups is 3. The maximum atomic E-state index is 13.3. The van der Waals surface area contributed by atoms with Gasteiger partial charge in [0.15, 0.2) is 0 Å². The van der Waals surface area contributed by atoms with Crippen molar-refractivity contribution in [1.29, 1.82) is 0 Å². The highest BCUT2D eigenvalue weighted by Gasteiger charge is 2.25. The van der Waals surface area contributed by atoms with Crippen molar-refractivity contribution in [2.45, 2.75) is 93.2 Å². The smallest absolute Gasteiger partial charge is 0.273 e. The van der Waals surface area contributed by atoms with Crippen LogP contribution >= 0.6 is 0 Å². The third kappa shape index (κ3) is 11.5. The Balaban J connectivity index is 1.59. The van der Waals surface area contributed by atoms with Crippen LogP contribution in [0, 0.1) is 0 Å². The largest absolute Gasteiger partial charge is 0.284 e. The SMILES string of the molecule is CC(C)(C)c1ccc(S(=O)(=O)NNC(=O)c2cc(C(=O)NNS(=O)(=O)c3ccc(C(C)(C)C)cc3)nc(C(=O)NNS(=O)(=O)c3ccc(C(C)(C)C)cc3)c2)cc1. The highest BCUT2D eigenvalue weighted by atomic mass is 32.2. The Morgan fingerprint density at radius 2 is 0.667 bits per heavy atom. The van der Waals surface area contributed by atoms with E-state index in [0.29, 0.717) is 0 Å². The maximum Gasteiger partial charge on any atom is 0.284 e. The van der Waals surface area contributed by atoms with Crippen LogP contribution in [0.3, 0.4) is 0 Å². The molecule has 6 N–H and O–H groups in total. The van der Waals surface area contributed by atoms with Crippen LogP contribution < -0.4 is 30.8 Å². The molecule has 0 spiro atoms. The molecule has 1 heterocycles. The molecule has 0 aliphatic rings. The summed E-state index contributed by atoms with van der Waals surface area (Å²) in [5.41, 5.74) is 5.91. The Kier molecular flexibility index (Phi) is 12.9. The second-order valence-electron chi connectivity index (χ2n) is 16.1. The summed E-state index contributed by atoms with van der Waals surface area (Å²) in [6.07, 6.45) is 0. The molecule has 4 aromatic rings. The Morgan fingerprint density at radius 3 is 0.912 bits per heavy atom. The Hall–Kier alpha value is -5.05. The predicted molar refractivity (Wildman–Crippen MR) is 213 cm³/mol. The fourth-order valence-corrected chi connectivity index (χ4v) is 7.53. The van der Waals surface area contributed by atoms with Gasteiger partial charge in [0.05, 0.1) is 14.7 Å². The summed E-state index contributed by atoms with van der Waals surface area (Å²) in [5.74, 6) is -3.62. The molecule has 0 saturated carbocycles. The van der Waals surface area contributed by atoms with E-state index in [9.17, 15) is 39.6 Å². The van der Waals surface area contributed by atoms with Gasteiger partial charge in [0, 0.05) is 5.56 Å². The number of pyridine rings is 1. The van der Waals surface area contributed by atoms with Gasteiger partial charge in [0.2, 0.25) is 0 Å². The number of hydrogen-bond donors (Lipinski definition) is 6. The van der Waals surface area contributed by atoms with E-state index in [1.807, 2.05) is 93.1 Å². The lowest BCUT2D eigenvalue weighted by Crippen LogP contribution is -2.44. The van der Waals surface area contributed by atoms with E-state index in [1.165, 1.54) is 36.4 Å². The standard InChI is InChI=1S/C38H47N7O9S3/c1-36(2,3)25-10-16-28(17-11-25)55(49,50)43-40-33(46)24-22-31(34(47)41-44-56(51,52)29-18-12-26(13-19-29)37(4,5)6)39-32(23-24)35(48)42-45-57(53,54)30-20-14-27(15-21-30)38(7,8)9/h10-23,43-45H,1-9H3,(H,40,46)(H,41,47)(H,42,48). The molecule has 0 saturated heterocycles. The summed E-state index contributed by atoms with van der Waals surface area (Å²) in [6, 6.07) is 19.6. The minimum Gasteiger partial charge on any atom is -0.273 e. The second kappa shape index (κ2) is 16.4. The number of sulfonamides is 3. The van der Waals surface area contributed by atoms with Gasteiger partial charge in [-0.15, -0.1) is 14.5 Å². The summed E-state index contributed by atoms with van der Waals surface area (Å²) < 4.78 is 78.0. The van der Waals surface area contributed by atoms with E-state index in [2.05, 4.69) is 4.98 Å².